The average molecular weight is 313 g/mol. The molecule has 0 unspecified atom stereocenters. The fourth-order valence-electron chi connectivity index (χ4n) is 2.45. The maximum absolute atomic E-state index is 12.4. The SMILES string of the molecule is CC1CCC(NS(=O)(=O)c2cccnc2C(N)=S)CC1. The van der Waals surface area contributed by atoms with Gasteiger partial charge in [-0.2, -0.15) is 0 Å². The van der Waals surface area contributed by atoms with Crippen molar-refractivity contribution in [1.29, 1.82) is 0 Å². The molecule has 1 aliphatic rings. The number of sulfonamides is 1. The number of hydrogen-bond donors (Lipinski definition) is 2. The van der Waals surface area contributed by atoms with Crippen LogP contribution >= 0.6 is 12.2 Å². The van der Waals surface area contributed by atoms with Crippen LogP contribution in [0.4, 0.5) is 0 Å². The highest BCUT2D eigenvalue weighted by molar-refractivity contribution is 7.89. The molecule has 0 aliphatic heterocycles. The van der Waals surface area contributed by atoms with Gasteiger partial charge in [0.1, 0.15) is 15.6 Å². The van der Waals surface area contributed by atoms with Crippen molar-refractivity contribution >= 4 is 27.2 Å². The number of pyridine rings is 1. The topological polar surface area (TPSA) is 85.1 Å². The van der Waals surface area contributed by atoms with Crippen molar-refractivity contribution in [3.63, 3.8) is 0 Å². The number of hydrogen-bond acceptors (Lipinski definition) is 4. The van der Waals surface area contributed by atoms with E-state index < -0.39 is 10.0 Å². The molecule has 5 nitrogen and oxygen atoms in total. The molecule has 7 heteroatoms. The maximum Gasteiger partial charge on any atom is 0.243 e. The number of nitrogens with one attached hydrogen (secondary N) is 1. The molecule has 20 heavy (non-hydrogen) atoms. The Morgan fingerprint density at radius 1 is 1.40 bits per heavy atom. The molecule has 0 spiro atoms. The quantitative estimate of drug-likeness (QED) is 0.824. The van der Waals surface area contributed by atoms with Gasteiger partial charge in [-0.25, -0.2) is 13.1 Å². The van der Waals surface area contributed by atoms with Crippen molar-refractivity contribution in [2.24, 2.45) is 11.7 Å². The Balaban J connectivity index is 2.21. The predicted molar refractivity (Wildman–Crippen MR) is 81.9 cm³/mol. The van der Waals surface area contributed by atoms with Crippen LogP contribution in [0.15, 0.2) is 23.2 Å². The average Bonchev–Trinajstić information content (AvgIpc) is 2.41. The van der Waals surface area contributed by atoms with Gasteiger partial charge in [-0.15, -0.1) is 0 Å². The van der Waals surface area contributed by atoms with Gasteiger partial charge in [0.2, 0.25) is 10.0 Å². The van der Waals surface area contributed by atoms with E-state index >= 15 is 0 Å². The third-order valence-electron chi connectivity index (χ3n) is 3.63. The van der Waals surface area contributed by atoms with Gasteiger partial charge in [0.05, 0.1) is 0 Å². The second-order valence-electron chi connectivity index (χ2n) is 5.29. The zero-order valence-electron chi connectivity index (χ0n) is 11.4. The lowest BCUT2D eigenvalue weighted by atomic mass is 9.88. The van der Waals surface area contributed by atoms with Gasteiger partial charge >= 0.3 is 0 Å². The number of nitrogens with two attached hydrogens (primary N) is 1. The molecular weight excluding hydrogens is 294 g/mol. The molecule has 1 aromatic heterocycles. The normalized spacial score (nSPS) is 23.4. The van der Waals surface area contributed by atoms with E-state index in [0.717, 1.165) is 25.7 Å². The Morgan fingerprint density at radius 2 is 2.05 bits per heavy atom. The van der Waals surface area contributed by atoms with E-state index in [2.05, 4.69) is 16.6 Å². The summed E-state index contributed by atoms with van der Waals surface area (Å²) < 4.78 is 27.6. The molecule has 2 rings (SSSR count). The highest BCUT2D eigenvalue weighted by Gasteiger charge is 2.26. The molecule has 1 aliphatic carbocycles. The van der Waals surface area contributed by atoms with Gasteiger partial charge in [-0.05, 0) is 43.7 Å². The third kappa shape index (κ3) is 3.53. The van der Waals surface area contributed by atoms with Crippen molar-refractivity contribution in [2.75, 3.05) is 0 Å². The molecular formula is C13H19N3O2S2. The van der Waals surface area contributed by atoms with E-state index in [-0.39, 0.29) is 21.6 Å². The number of thiocarbonyl (C=S) groups is 1. The molecule has 0 radical (unpaired) electrons. The van der Waals surface area contributed by atoms with E-state index in [1.807, 2.05) is 0 Å². The number of aromatic nitrogens is 1. The standard InChI is InChI=1S/C13H19N3O2S2/c1-9-4-6-10(7-5-9)16-20(17,18)11-3-2-8-15-12(11)13(14)19/h2-3,8-10,16H,4-7H2,1H3,(H2,14,19). The largest absolute Gasteiger partial charge is 0.388 e. The summed E-state index contributed by atoms with van der Waals surface area (Å²) >= 11 is 4.86. The van der Waals surface area contributed by atoms with E-state index in [4.69, 9.17) is 18.0 Å². The first-order chi connectivity index (χ1) is 9.40. The smallest absolute Gasteiger partial charge is 0.243 e. The van der Waals surface area contributed by atoms with Crippen LogP contribution in [0.3, 0.4) is 0 Å². The summed E-state index contributed by atoms with van der Waals surface area (Å²) in [7, 11) is -3.63. The zero-order valence-corrected chi connectivity index (χ0v) is 13.0. The van der Waals surface area contributed by atoms with Gasteiger partial charge in [-0.1, -0.05) is 19.1 Å². The van der Waals surface area contributed by atoms with Crippen LogP contribution in [0.2, 0.25) is 0 Å². The summed E-state index contributed by atoms with van der Waals surface area (Å²) in [4.78, 5) is 4.01. The summed E-state index contributed by atoms with van der Waals surface area (Å²) in [6.45, 7) is 2.19. The Bertz CT molecular complexity index is 593. The minimum atomic E-state index is -3.63. The summed E-state index contributed by atoms with van der Waals surface area (Å²) in [5.74, 6) is 0.668. The Hall–Kier alpha value is -1.05. The van der Waals surface area contributed by atoms with Crippen LogP contribution in [0.1, 0.15) is 38.3 Å². The Morgan fingerprint density at radius 3 is 2.65 bits per heavy atom. The number of nitrogens with zero attached hydrogens (tertiary/aromatic N) is 1. The van der Waals surface area contributed by atoms with Gasteiger partial charge in [0, 0.05) is 12.2 Å². The highest BCUT2D eigenvalue weighted by atomic mass is 32.2. The van der Waals surface area contributed by atoms with Crippen molar-refractivity contribution in [3.8, 4) is 0 Å². The van der Waals surface area contributed by atoms with E-state index in [0.29, 0.717) is 5.92 Å². The van der Waals surface area contributed by atoms with Crippen molar-refractivity contribution in [2.45, 2.75) is 43.5 Å². The lowest BCUT2D eigenvalue weighted by Crippen LogP contribution is -2.38. The van der Waals surface area contributed by atoms with Crippen LogP contribution < -0.4 is 10.5 Å². The molecule has 3 N–H and O–H groups in total. The second-order valence-corrected chi connectivity index (χ2v) is 7.41. The number of rotatable bonds is 4. The molecule has 0 amide bonds. The van der Waals surface area contributed by atoms with Crippen LogP contribution in [-0.4, -0.2) is 24.4 Å². The van der Waals surface area contributed by atoms with Crippen molar-refractivity contribution in [1.82, 2.24) is 9.71 Å². The van der Waals surface area contributed by atoms with Gasteiger partial charge in [-0.3, -0.25) is 4.98 Å². The van der Waals surface area contributed by atoms with Gasteiger partial charge < -0.3 is 5.73 Å². The van der Waals surface area contributed by atoms with Gasteiger partial charge in [0.15, 0.2) is 0 Å². The Labute approximate surface area is 125 Å². The predicted octanol–water partition coefficient (Wildman–Crippen LogP) is 1.57. The lowest BCUT2D eigenvalue weighted by Gasteiger charge is -2.26. The summed E-state index contributed by atoms with van der Waals surface area (Å²) in [6, 6.07) is 3.03. The molecule has 1 saturated carbocycles. The van der Waals surface area contributed by atoms with E-state index in [9.17, 15) is 8.42 Å². The summed E-state index contributed by atoms with van der Waals surface area (Å²) in [5.41, 5.74) is 5.69. The summed E-state index contributed by atoms with van der Waals surface area (Å²) in [6.07, 6.45) is 5.30. The lowest BCUT2D eigenvalue weighted by molar-refractivity contribution is 0.332. The van der Waals surface area contributed by atoms with Crippen LogP contribution in [0.25, 0.3) is 0 Å². The zero-order chi connectivity index (χ0) is 14.8. The minimum absolute atomic E-state index is 0.0109. The van der Waals surface area contributed by atoms with Crippen LogP contribution in [0, 0.1) is 5.92 Å². The molecule has 0 saturated heterocycles. The van der Waals surface area contributed by atoms with Crippen molar-refractivity contribution < 1.29 is 8.42 Å². The van der Waals surface area contributed by atoms with Crippen LogP contribution in [-0.2, 0) is 10.0 Å². The molecule has 1 aromatic rings. The molecule has 0 atom stereocenters. The summed E-state index contributed by atoms with van der Waals surface area (Å²) in [5, 5.41) is 0. The molecule has 1 fully saturated rings. The van der Waals surface area contributed by atoms with E-state index in [1.54, 1.807) is 6.07 Å². The van der Waals surface area contributed by atoms with Gasteiger partial charge in [0.25, 0.3) is 0 Å². The second kappa shape index (κ2) is 6.15. The monoisotopic (exact) mass is 313 g/mol. The highest BCUT2D eigenvalue weighted by Crippen LogP contribution is 2.25. The molecule has 1 heterocycles. The minimum Gasteiger partial charge on any atom is -0.388 e. The van der Waals surface area contributed by atoms with E-state index in [1.165, 1.54) is 12.3 Å². The maximum atomic E-state index is 12.4. The van der Waals surface area contributed by atoms with Crippen LogP contribution in [0.5, 0.6) is 0 Å². The fraction of sp³-hybridized carbons (Fsp3) is 0.538. The third-order valence-corrected chi connectivity index (χ3v) is 5.38. The molecule has 0 aromatic carbocycles. The first-order valence-electron chi connectivity index (χ1n) is 6.67. The first-order valence-corrected chi connectivity index (χ1v) is 8.56. The van der Waals surface area contributed by atoms with Crippen molar-refractivity contribution in [3.05, 3.63) is 24.0 Å². The first kappa shape index (κ1) is 15.3. The fourth-order valence-corrected chi connectivity index (χ4v) is 4.16. The Kier molecular flexibility index (Phi) is 4.72. The molecule has 0 bridgehead atoms. The molecule has 110 valence electrons.